The van der Waals surface area contributed by atoms with E-state index in [0.29, 0.717) is 0 Å². The number of nitrogens with one attached hydrogen (secondary N) is 1. The molecule has 0 radical (unpaired) electrons. The minimum absolute atomic E-state index is 0.0431. The van der Waals surface area contributed by atoms with E-state index in [1.165, 1.54) is 18.2 Å². The predicted octanol–water partition coefficient (Wildman–Crippen LogP) is 3.80. The van der Waals surface area contributed by atoms with Crippen molar-refractivity contribution in [2.24, 2.45) is 0 Å². The Morgan fingerprint density at radius 1 is 1.14 bits per heavy atom. The molecule has 108 valence electrons. The highest BCUT2D eigenvalue weighted by Crippen LogP contribution is 2.26. The minimum atomic E-state index is -4.07. The second-order valence-electron chi connectivity index (χ2n) is 4.02. The molecule has 4 nitrogen and oxygen atoms in total. The molecule has 0 aromatic heterocycles. The van der Waals surface area contributed by atoms with Gasteiger partial charge in [0.1, 0.15) is 10.7 Å². The fraction of sp³-hybridized carbons (Fsp3) is 0. The number of rotatable bonds is 3. The molecule has 0 amide bonds. The quantitative estimate of drug-likeness (QED) is 0.920. The monoisotopic (exact) mass is 344 g/mol. The van der Waals surface area contributed by atoms with Crippen LogP contribution < -0.4 is 4.72 Å². The van der Waals surface area contributed by atoms with Crippen molar-refractivity contribution in [3.05, 3.63) is 57.8 Å². The van der Waals surface area contributed by atoms with Gasteiger partial charge in [-0.05, 0) is 36.4 Å². The molecule has 2 aromatic carbocycles. The average molecular weight is 345 g/mol. The number of anilines is 1. The largest absolute Gasteiger partial charge is 0.279 e. The Labute approximate surface area is 130 Å². The van der Waals surface area contributed by atoms with E-state index in [4.69, 9.17) is 28.5 Å². The van der Waals surface area contributed by atoms with Gasteiger partial charge in [-0.3, -0.25) is 4.72 Å². The second-order valence-corrected chi connectivity index (χ2v) is 6.52. The Morgan fingerprint density at radius 2 is 1.86 bits per heavy atom. The lowest BCUT2D eigenvalue weighted by molar-refractivity contribution is 0.601. The number of halogens is 3. The zero-order chi connectivity index (χ0) is 15.6. The van der Waals surface area contributed by atoms with Gasteiger partial charge in [-0.15, -0.1) is 0 Å². The highest BCUT2D eigenvalue weighted by molar-refractivity contribution is 7.92. The molecular weight excluding hydrogens is 338 g/mol. The summed E-state index contributed by atoms with van der Waals surface area (Å²) in [5.41, 5.74) is 0.0930. The van der Waals surface area contributed by atoms with Gasteiger partial charge in [0.25, 0.3) is 10.0 Å². The molecule has 0 aliphatic carbocycles. The molecule has 0 saturated heterocycles. The maximum absolute atomic E-state index is 13.2. The summed E-state index contributed by atoms with van der Waals surface area (Å²) >= 11 is 11.5. The number of nitrogens with zero attached hydrogens (tertiary/aromatic N) is 1. The van der Waals surface area contributed by atoms with E-state index in [-0.39, 0.29) is 26.2 Å². The van der Waals surface area contributed by atoms with Gasteiger partial charge in [0.05, 0.1) is 22.3 Å². The summed E-state index contributed by atoms with van der Waals surface area (Å²) in [7, 11) is -4.07. The first-order valence-electron chi connectivity index (χ1n) is 5.50. The SMILES string of the molecule is N#Cc1ccc(Cl)c(S(=O)(=O)Nc2cc(F)cc(Cl)c2)c1. The second kappa shape index (κ2) is 5.90. The maximum Gasteiger partial charge on any atom is 0.263 e. The Bertz CT molecular complexity index is 827. The zero-order valence-electron chi connectivity index (χ0n) is 10.3. The normalized spacial score (nSPS) is 11.0. The van der Waals surface area contributed by atoms with E-state index in [1.54, 1.807) is 0 Å². The lowest BCUT2D eigenvalue weighted by Gasteiger charge is -2.10. The van der Waals surface area contributed by atoms with Crippen LogP contribution in [0.2, 0.25) is 10.0 Å². The standard InChI is InChI=1S/C13H7Cl2FN2O2S/c14-9-4-10(16)6-11(5-9)18-21(19,20)13-3-8(7-17)1-2-12(13)15/h1-6,18H. The molecule has 0 fully saturated rings. The molecule has 0 bridgehead atoms. The van der Waals surface area contributed by atoms with E-state index in [1.807, 2.05) is 6.07 Å². The topological polar surface area (TPSA) is 70.0 Å². The molecule has 0 heterocycles. The highest BCUT2D eigenvalue weighted by Gasteiger charge is 2.19. The predicted molar refractivity (Wildman–Crippen MR) is 78.4 cm³/mol. The summed E-state index contributed by atoms with van der Waals surface area (Å²) in [6.07, 6.45) is 0. The van der Waals surface area contributed by atoms with Crippen LogP contribution in [-0.2, 0) is 10.0 Å². The Kier molecular flexibility index (Phi) is 4.37. The van der Waals surface area contributed by atoms with Crippen molar-refractivity contribution in [1.82, 2.24) is 0 Å². The van der Waals surface area contributed by atoms with Gasteiger partial charge >= 0.3 is 0 Å². The molecule has 2 rings (SSSR count). The van der Waals surface area contributed by atoms with Crippen molar-refractivity contribution < 1.29 is 12.8 Å². The Morgan fingerprint density at radius 3 is 2.48 bits per heavy atom. The number of hydrogen-bond acceptors (Lipinski definition) is 3. The lowest BCUT2D eigenvalue weighted by Crippen LogP contribution is -2.14. The van der Waals surface area contributed by atoms with Crippen LogP contribution in [0.4, 0.5) is 10.1 Å². The van der Waals surface area contributed by atoms with Gasteiger partial charge in [0, 0.05) is 5.02 Å². The summed E-state index contributed by atoms with van der Waals surface area (Å²) in [5, 5.41) is 8.80. The number of sulfonamides is 1. The third-order valence-electron chi connectivity index (χ3n) is 2.46. The molecule has 0 atom stereocenters. The fourth-order valence-electron chi connectivity index (χ4n) is 1.60. The smallest absolute Gasteiger partial charge is 0.263 e. The van der Waals surface area contributed by atoms with E-state index in [2.05, 4.69) is 4.72 Å². The molecule has 0 spiro atoms. The summed E-state index contributed by atoms with van der Waals surface area (Å²) in [5.74, 6) is -0.683. The van der Waals surface area contributed by atoms with Gasteiger partial charge < -0.3 is 0 Å². The molecule has 1 N–H and O–H groups in total. The van der Waals surface area contributed by atoms with Gasteiger partial charge in [0.2, 0.25) is 0 Å². The zero-order valence-corrected chi connectivity index (χ0v) is 12.6. The summed E-state index contributed by atoms with van der Waals surface area (Å²) in [6.45, 7) is 0. The molecule has 0 aliphatic rings. The van der Waals surface area contributed by atoms with Gasteiger partial charge in [-0.1, -0.05) is 23.2 Å². The highest BCUT2D eigenvalue weighted by atomic mass is 35.5. The third-order valence-corrected chi connectivity index (χ3v) is 4.55. The van der Waals surface area contributed by atoms with Gasteiger partial charge in [0.15, 0.2) is 0 Å². The van der Waals surface area contributed by atoms with Crippen LogP contribution in [0.15, 0.2) is 41.3 Å². The van der Waals surface area contributed by atoms with Crippen LogP contribution in [0.1, 0.15) is 5.56 Å². The maximum atomic E-state index is 13.2. The summed E-state index contributed by atoms with van der Waals surface area (Å²) in [4.78, 5) is -0.274. The van der Waals surface area contributed by atoms with Crippen molar-refractivity contribution in [1.29, 1.82) is 5.26 Å². The van der Waals surface area contributed by atoms with Crippen molar-refractivity contribution >= 4 is 38.9 Å². The van der Waals surface area contributed by atoms with Gasteiger partial charge in [-0.25, -0.2) is 12.8 Å². The molecule has 8 heteroatoms. The summed E-state index contributed by atoms with van der Waals surface area (Å²) in [6, 6.07) is 8.91. The molecule has 0 aliphatic heterocycles. The van der Waals surface area contributed by atoms with E-state index in [0.717, 1.165) is 18.2 Å². The Hall–Kier alpha value is -1.81. The van der Waals surface area contributed by atoms with Crippen LogP contribution in [-0.4, -0.2) is 8.42 Å². The first-order chi connectivity index (χ1) is 9.81. The first kappa shape index (κ1) is 15.6. The molecular formula is C13H7Cl2FN2O2S. The van der Waals surface area contributed by atoms with Gasteiger partial charge in [-0.2, -0.15) is 5.26 Å². The number of benzene rings is 2. The van der Waals surface area contributed by atoms with Crippen molar-refractivity contribution in [3.63, 3.8) is 0 Å². The third kappa shape index (κ3) is 3.64. The van der Waals surface area contributed by atoms with Crippen LogP contribution in [0.3, 0.4) is 0 Å². The lowest BCUT2D eigenvalue weighted by atomic mass is 10.2. The number of nitriles is 1. The minimum Gasteiger partial charge on any atom is -0.279 e. The Balaban J connectivity index is 2.45. The molecule has 0 saturated carbocycles. The molecule has 2 aromatic rings. The van der Waals surface area contributed by atoms with Crippen LogP contribution >= 0.6 is 23.2 Å². The van der Waals surface area contributed by atoms with Crippen molar-refractivity contribution in [2.45, 2.75) is 4.90 Å². The van der Waals surface area contributed by atoms with Crippen LogP contribution in [0.25, 0.3) is 0 Å². The summed E-state index contributed by atoms with van der Waals surface area (Å²) < 4.78 is 39.9. The van der Waals surface area contributed by atoms with Crippen LogP contribution in [0, 0.1) is 17.1 Å². The molecule has 21 heavy (non-hydrogen) atoms. The fourth-order valence-corrected chi connectivity index (χ4v) is 3.39. The average Bonchev–Trinajstić information content (AvgIpc) is 2.37. The first-order valence-corrected chi connectivity index (χ1v) is 7.74. The van der Waals surface area contributed by atoms with Crippen LogP contribution in [0.5, 0.6) is 0 Å². The van der Waals surface area contributed by atoms with E-state index < -0.39 is 15.8 Å². The molecule has 0 unspecified atom stereocenters. The van der Waals surface area contributed by atoms with Crippen molar-refractivity contribution in [3.8, 4) is 6.07 Å². The number of hydrogen-bond donors (Lipinski definition) is 1. The van der Waals surface area contributed by atoms with Crippen molar-refractivity contribution in [2.75, 3.05) is 4.72 Å². The van der Waals surface area contributed by atoms with E-state index in [9.17, 15) is 12.8 Å². The van der Waals surface area contributed by atoms with E-state index >= 15 is 0 Å².